The Morgan fingerprint density at radius 2 is 1.59 bits per heavy atom. The smallest absolute Gasteiger partial charge is 0.224 e. The molecule has 5 rings (SSSR count). The quantitative estimate of drug-likeness (QED) is 0.190. The van der Waals surface area contributed by atoms with Gasteiger partial charge in [0.25, 0.3) is 0 Å². The Kier molecular flexibility index (Phi) is 11.0. The number of amides is 2. The molecule has 0 aromatic heterocycles. The summed E-state index contributed by atoms with van der Waals surface area (Å²) < 4.78 is 12.9. The number of likely N-dealkylation sites (tertiary alicyclic amines) is 1. The number of nitrogens with two attached hydrogens (primary N) is 1. The van der Waals surface area contributed by atoms with Crippen molar-refractivity contribution in [2.24, 2.45) is 0 Å². The second-order valence-electron chi connectivity index (χ2n) is 11.5. The molecule has 4 atom stereocenters. The van der Waals surface area contributed by atoms with Crippen molar-refractivity contribution in [3.63, 3.8) is 0 Å². The summed E-state index contributed by atoms with van der Waals surface area (Å²) in [6.07, 6.45) is 2.64. The Morgan fingerprint density at radius 1 is 0.886 bits per heavy atom. The SMILES string of the molecule is Nc1ccccc1NC(=O)CCCC(=O)Nc1ccc([C@H]2O[C@@H](CN3CCC[C@H]3CO)C[C@@H](c3ccc(CO)cc3)O2)cc1. The van der Waals surface area contributed by atoms with Crippen molar-refractivity contribution in [3.8, 4) is 0 Å². The van der Waals surface area contributed by atoms with Crippen molar-refractivity contribution in [2.75, 3.05) is 36.1 Å². The Morgan fingerprint density at radius 3 is 2.30 bits per heavy atom. The number of aliphatic hydroxyl groups excluding tert-OH is 2. The number of carbonyl (C=O) groups is 2. The maximum atomic E-state index is 12.5. The molecule has 2 aliphatic rings. The van der Waals surface area contributed by atoms with E-state index in [4.69, 9.17) is 15.2 Å². The van der Waals surface area contributed by atoms with E-state index >= 15 is 0 Å². The second-order valence-corrected chi connectivity index (χ2v) is 11.5. The minimum Gasteiger partial charge on any atom is -0.397 e. The first-order valence-electron chi connectivity index (χ1n) is 15.3. The molecule has 234 valence electrons. The summed E-state index contributed by atoms with van der Waals surface area (Å²) in [6, 6.07) is 22.4. The summed E-state index contributed by atoms with van der Waals surface area (Å²) in [6.45, 7) is 1.77. The van der Waals surface area contributed by atoms with Crippen molar-refractivity contribution in [1.82, 2.24) is 4.90 Å². The van der Waals surface area contributed by atoms with E-state index in [9.17, 15) is 19.8 Å². The molecule has 0 bridgehead atoms. The van der Waals surface area contributed by atoms with Gasteiger partial charge in [-0.3, -0.25) is 14.5 Å². The molecule has 3 aromatic rings. The zero-order chi connectivity index (χ0) is 30.9. The molecule has 0 aliphatic carbocycles. The summed E-state index contributed by atoms with van der Waals surface area (Å²) in [7, 11) is 0. The molecule has 10 heteroatoms. The van der Waals surface area contributed by atoms with Crippen LogP contribution in [-0.2, 0) is 25.7 Å². The Hall–Kier alpha value is -3.80. The van der Waals surface area contributed by atoms with Crippen LogP contribution in [0, 0.1) is 0 Å². The number of aliphatic hydroxyl groups is 2. The number of anilines is 3. The predicted molar refractivity (Wildman–Crippen MR) is 169 cm³/mol. The number of nitrogens with one attached hydrogen (secondary N) is 2. The number of benzene rings is 3. The van der Waals surface area contributed by atoms with Crippen molar-refractivity contribution in [1.29, 1.82) is 0 Å². The van der Waals surface area contributed by atoms with Crippen LogP contribution in [0.3, 0.4) is 0 Å². The Balaban J connectivity index is 1.17. The van der Waals surface area contributed by atoms with Crippen LogP contribution in [-0.4, -0.2) is 58.8 Å². The van der Waals surface area contributed by atoms with E-state index < -0.39 is 6.29 Å². The fourth-order valence-electron chi connectivity index (χ4n) is 5.82. The summed E-state index contributed by atoms with van der Waals surface area (Å²) >= 11 is 0. The van der Waals surface area contributed by atoms with Crippen molar-refractivity contribution < 1.29 is 29.3 Å². The van der Waals surface area contributed by atoms with Gasteiger partial charge in [-0.25, -0.2) is 0 Å². The van der Waals surface area contributed by atoms with Crippen LogP contribution < -0.4 is 16.4 Å². The number of hydrogen-bond donors (Lipinski definition) is 5. The predicted octanol–water partition coefficient (Wildman–Crippen LogP) is 4.51. The lowest BCUT2D eigenvalue weighted by atomic mass is 9.99. The Labute approximate surface area is 258 Å². The van der Waals surface area contributed by atoms with Gasteiger partial charge in [0, 0.05) is 43.1 Å². The molecule has 6 N–H and O–H groups in total. The van der Waals surface area contributed by atoms with Gasteiger partial charge in [-0.05, 0) is 61.2 Å². The van der Waals surface area contributed by atoms with Gasteiger partial charge in [0.1, 0.15) is 0 Å². The second kappa shape index (κ2) is 15.3. The molecule has 0 unspecified atom stereocenters. The number of rotatable bonds is 12. The standard InChI is InChI=1S/C34H42N4O6/c35-29-6-1-2-7-30(29)37-33(42)9-3-8-32(41)36-26-16-14-25(15-17-26)34-43-28(20-38-18-4-5-27(38)22-40)19-31(44-34)24-12-10-23(21-39)11-13-24/h1-2,6-7,10-17,27-28,31,34,39-40H,3-5,8-9,18-22,35H2,(H,36,41)(H,37,42)/t27-,28+,31-,34-/m0/s1. The van der Waals surface area contributed by atoms with Crippen LogP contribution in [0.2, 0.25) is 0 Å². The minimum absolute atomic E-state index is 0.0142. The van der Waals surface area contributed by atoms with Crippen LogP contribution in [0.5, 0.6) is 0 Å². The summed E-state index contributed by atoms with van der Waals surface area (Å²) in [4.78, 5) is 27.1. The van der Waals surface area contributed by atoms with E-state index in [0.29, 0.717) is 36.4 Å². The van der Waals surface area contributed by atoms with E-state index in [1.807, 2.05) is 48.5 Å². The number of para-hydroxylation sites is 2. The van der Waals surface area contributed by atoms with Gasteiger partial charge in [-0.1, -0.05) is 48.5 Å². The van der Waals surface area contributed by atoms with Gasteiger partial charge in [0.2, 0.25) is 11.8 Å². The number of carbonyl (C=O) groups excluding carboxylic acids is 2. The monoisotopic (exact) mass is 602 g/mol. The van der Waals surface area contributed by atoms with Gasteiger partial charge in [0.05, 0.1) is 36.8 Å². The molecule has 2 amide bonds. The highest BCUT2D eigenvalue weighted by atomic mass is 16.7. The molecule has 0 radical (unpaired) electrons. The first-order chi connectivity index (χ1) is 21.4. The van der Waals surface area contributed by atoms with Crippen LogP contribution in [0.25, 0.3) is 0 Å². The summed E-state index contributed by atoms with van der Waals surface area (Å²) in [5.41, 5.74) is 10.3. The third-order valence-corrected chi connectivity index (χ3v) is 8.27. The molecular weight excluding hydrogens is 560 g/mol. The van der Waals surface area contributed by atoms with Gasteiger partial charge in [-0.15, -0.1) is 0 Å². The topological polar surface area (TPSA) is 146 Å². The molecular formula is C34H42N4O6. The summed E-state index contributed by atoms with van der Waals surface area (Å²) in [5, 5.41) is 24.9. The number of hydrogen-bond acceptors (Lipinski definition) is 8. The first kappa shape index (κ1) is 31.6. The van der Waals surface area contributed by atoms with E-state index in [2.05, 4.69) is 15.5 Å². The van der Waals surface area contributed by atoms with Gasteiger partial charge in [0.15, 0.2) is 6.29 Å². The normalized spacial score (nSPS) is 22.0. The fourth-order valence-corrected chi connectivity index (χ4v) is 5.82. The largest absolute Gasteiger partial charge is 0.397 e. The first-order valence-corrected chi connectivity index (χ1v) is 15.3. The van der Waals surface area contributed by atoms with Crippen molar-refractivity contribution >= 4 is 28.9 Å². The zero-order valence-electron chi connectivity index (χ0n) is 24.9. The molecule has 2 aliphatic heterocycles. The molecule has 2 fully saturated rings. The maximum Gasteiger partial charge on any atom is 0.224 e. The third kappa shape index (κ3) is 8.43. The fraction of sp³-hybridized carbons (Fsp3) is 0.412. The highest BCUT2D eigenvalue weighted by molar-refractivity contribution is 5.94. The van der Waals surface area contributed by atoms with Crippen LogP contribution in [0.4, 0.5) is 17.1 Å². The van der Waals surface area contributed by atoms with E-state index in [1.54, 1.807) is 24.3 Å². The molecule has 3 aromatic carbocycles. The average molecular weight is 603 g/mol. The van der Waals surface area contributed by atoms with E-state index in [1.165, 1.54) is 0 Å². The molecule has 2 saturated heterocycles. The molecule has 0 spiro atoms. The summed E-state index contributed by atoms with van der Waals surface area (Å²) in [5.74, 6) is -0.365. The van der Waals surface area contributed by atoms with Crippen LogP contribution in [0.1, 0.15) is 67.6 Å². The van der Waals surface area contributed by atoms with E-state index in [0.717, 1.165) is 36.1 Å². The third-order valence-electron chi connectivity index (χ3n) is 8.27. The lowest BCUT2D eigenvalue weighted by Crippen LogP contribution is -2.42. The number of nitrogen functional groups attached to an aromatic ring is 1. The van der Waals surface area contributed by atoms with Crippen molar-refractivity contribution in [3.05, 3.63) is 89.5 Å². The van der Waals surface area contributed by atoms with Gasteiger partial charge in [-0.2, -0.15) is 0 Å². The van der Waals surface area contributed by atoms with Crippen LogP contribution >= 0.6 is 0 Å². The number of ether oxygens (including phenoxy) is 2. The Bertz CT molecular complexity index is 1380. The number of nitrogens with zero attached hydrogens (tertiary/aromatic N) is 1. The molecule has 2 heterocycles. The molecule has 44 heavy (non-hydrogen) atoms. The molecule has 0 saturated carbocycles. The maximum absolute atomic E-state index is 12.5. The zero-order valence-corrected chi connectivity index (χ0v) is 24.9. The lowest BCUT2D eigenvalue weighted by molar-refractivity contribution is -0.253. The molecule has 10 nitrogen and oxygen atoms in total. The van der Waals surface area contributed by atoms with Crippen LogP contribution in [0.15, 0.2) is 72.8 Å². The average Bonchev–Trinajstić information content (AvgIpc) is 3.49. The highest BCUT2D eigenvalue weighted by Crippen LogP contribution is 2.39. The minimum atomic E-state index is -0.603. The van der Waals surface area contributed by atoms with Gasteiger partial charge >= 0.3 is 0 Å². The van der Waals surface area contributed by atoms with E-state index in [-0.39, 0.29) is 56.1 Å². The lowest BCUT2D eigenvalue weighted by Gasteiger charge is -2.38. The van der Waals surface area contributed by atoms with Gasteiger partial charge < -0.3 is 36.1 Å². The van der Waals surface area contributed by atoms with Crippen molar-refractivity contribution in [2.45, 2.75) is 69.7 Å². The highest BCUT2D eigenvalue weighted by Gasteiger charge is 2.35.